The summed E-state index contributed by atoms with van der Waals surface area (Å²) in [5.74, 6) is -0.0185. The molecule has 5 nitrogen and oxygen atoms in total. The van der Waals surface area contributed by atoms with Crippen molar-refractivity contribution in [2.45, 2.75) is 49.8 Å². The van der Waals surface area contributed by atoms with Gasteiger partial charge in [-0.05, 0) is 37.0 Å². The number of nitrogens with zero attached hydrogens (tertiary/aromatic N) is 1. The molecule has 0 spiro atoms. The van der Waals surface area contributed by atoms with Crippen molar-refractivity contribution in [3.63, 3.8) is 0 Å². The fraction of sp³-hybridized carbons (Fsp3) is 0.474. The molecule has 0 unspecified atom stereocenters. The zero-order valence-electron chi connectivity index (χ0n) is 15.4. The van der Waals surface area contributed by atoms with Crippen molar-refractivity contribution in [3.8, 4) is 0 Å². The third-order valence-electron chi connectivity index (χ3n) is 4.97. The molecule has 0 radical (unpaired) electrons. The molecule has 146 valence electrons. The summed E-state index contributed by atoms with van der Waals surface area (Å²) in [6.45, 7) is 1.94. The Kier molecular flexibility index (Phi) is 6.23. The molecule has 0 aliphatic heterocycles. The number of carbonyl (C=O) groups excluding carboxylic acids is 1. The first-order chi connectivity index (χ1) is 12.7. The lowest BCUT2D eigenvalue weighted by Crippen LogP contribution is -2.23. The van der Waals surface area contributed by atoms with Gasteiger partial charge in [0.25, 0.3) is 0 Å². The summed E-state index contributed by atoms with van der Waals surface area (Å²) in [4.78, 5) is 18.3. The van der Waals surface area contributed by atoms with Crippen LogP contribution in [0, 0.1) is 12.8 Å². The molecule has 0 saturated heterocycles. The predicted molar refractivity (Wildman–Crippen MR) is 109 cm³/mol. The highest BCUT2D eigenvalue weighted by atomic mass is 35.5. The lowest BCUT2D eigenvalue weighted by molar-refractivity contribution is -0.118. The summed E-state index contributed by atoms with van der Waals surface area (Å²) in [7, 11) is -3.41. The number of rotatable bonds is 6. The second-order valence-electron chi connectivity index (χ2n) is 7.17. The van der Waals surface area contributed by atoms with Gasteiger partial charge in [-0.3, -0.25) is 4.79 Å². The standard InChI is InChI=1S/C19H23ClN2O3S2/c1-12-11-21-19(26-12)22-18(23)15(9-13-5-3-4-6-13)14-7-8-17(16(20)10-14)27(2,24)25/h7-8,10-11,13,15H,3-6,9H2,1-2H3,(H,21,22,23)/t15-/m1/s1. The van der Waals surface area contributed by atoms with Crippen LogP contribution in [-0.2, 0) is 14.6 Å². The maximum absolute atomic E-state index is 13.0. The largest absolute Gasteiger partial charge is 0.301 e. The maximum Gasteiger partial charge on any atom is 0.233 e. The SMILES string of the molecule is Cc1cnc(NC(=O)[C@H](CC2CCCC2)c2ccc(S(C)(=O)=O)c(Cl)c2)s1. The van der Waals surface area contributed by atoms with Crippen LogP contribution in [-0.4, -0.2) is 25.6 Å². The van der Waals surface area contributed by atoms with Crippen LogP contribution in [0.2, 0.25) is 5.02 Å². The number of anilines is 1. The Labute approximate surface area is 169 Å². The van der Waals surface area contributed by atoms with E-state index < -0.39 is 9.84 Å². The van der Waals surface area contributed by atoms with Crippen LogP contribution in [0.15, 0.2) is 29.3 Å². The first kappa shape index (κ1) is 20.3. The number of nitrogens with one attached hydrogen (secondary N) is 1. The normalized spacial score (nSPS) is 16.4. The molecule has 1 saturated carbocycles. The molecule has 27 heavy (non-hydrogen) atoms. The van der Waals surface area contributed by atoms with Crippen molar-refractivity contribution >= 4 is 43.8 Å². The molecule has 1 atom stereocenters. The van der Waals surface area contributed by atoms with Crippen LogP contribution < -0.4 is 5.32 Å². The number of thiazole rings is 1. The Morgan fingerprint density at radius 2 is 2.07 bits per heavy atom. The Bertz CT molecular complexity index is 934. The number of sulfone groups is 1. The van der Waals surface area contributed by atoms with E-state index in [1.165, 1.54) is 30.2 Å². The topological polar surface area (TPSA) is 76.1 Å². The molecule has 1 aromatic heterocycles. The number of amides is 1. The van der Waals surface area contributed by atoms with E-state index in [1.807, 2.05) is 6.92 Å². The number of carbonyl (C=O) groups is 1. The average Bonchev–Trinajstić information content (AvgIpc) is 3.23. The molecule has 3 rings (SSSR count). The summed E-state index contributed by atoms with van der Waals surface area (Å²) in [6.07, 6.45) is 8.21. The summed E-state index contributed by atoms with van der Waals surface area (Å²) in [6, 6.07) is 4.81. The van der Waals surface area contributed by atoms with Crippen LogP contribution >= 0.6 is 22.9 Å². The minimum atomic E-state index is -3.41. The van der Waals surface area contributed by atoms with E-state index in [2.05, 4.69) is 10.3 Å². The van der Waals surface area contributed by atoms with Gasteiger partial charge in [0.1, 0.15) is 0 Å². The fourth-order valence-electron chi connectivity index (χ4n) is 3.61. The molecule has 8 heteroatoms. The van der Waals surface area contributed by atoms with Crippen molar-refractivity contribution in [2.24, 2.45) is 5.92 Å². The van der Waals surface area contributed by atoms with Gasteiger partial charge in [0, 0.05) is 17.3 Å². The van der Waals surface area contributed by atoms with Gasteiger partial charge in [-0.15, -0.1) is 11.3 Å². The van der Waals surface area contributed by atoms with Gasteiger partial charge in [0.15, 0.2) is 15.0 Å². The van der Waals surface area contributed by atoms with E-state index >= 15 is 0 Å². The van der Waals surface area contributed by atoms with Gasteiger partial charge < -0.3 is 5.32 Å². The van der Waals surface area contributed by atoms with Crippen molar-refractivity contribution in [1.29, 1.82) is 0 Å². The van der Waals surface area contributed by atoms with Crippen molar-refractivity contribution in [3.05, 3.63) is 39.9 Å². The van der Waals surface area contributed by atoms with Gasteiger partial charge in [-0.1, -0.05) is 43.4 Å². The highest BCUT2D eigenvalue weighted by molar-refractivity contribution is 7.90. The molecule has 1 aliphatic rings. The Morgan fingerprint density at radius 3 is 2.63 bits per heavy atom. The Balaban J connectivity index is 1.89. The number of hydrogen-bond acceptors (Lipinski definition) is 5. The number of aromatic nitrogens is 1. The van der Waals surface area contributed by atoms with Gasteiger partial charge >= 0.3 is 0 Å². The fourth-order valence-corrected chi connectivity index (χ4v) is 5.62. The molecule has 1 fully saturated rings. The first-order valence-electron chi connectivity index (χ1n) is 8.97. The van der Waals surface area contributed by atoms with Crippen LogP contribution in [0.3, 0.4) is 0 Å². The number of halogens is 1. The molecule has 1 aromatic carbocycles. The monoisotopic (exact) mass is 426 g/mol. The second-order valence-corrected chi connectivity index (χ2v) is 10.8. The third-order valence-corrected chi connectivity index (χ3v) is 7.38. The van der Waals surface area contributed by atoms with E-state index in [0.717, 1.165) is 36.0 Å². The Hall–Kier alpha value is -1.44. The summed E-state index contributed by atoms with van der Waals surface area (Å²) >= 11 is 7.65. The molecule has 1 heterocycles. The number of hydrogen-bond donors (Lipinski definition) is 1. The van der Waals surface area contributed by atoms with Crippen LogP contribution in [0.5, 0.6) is 0 Å². The Morgan fingerprint density at radius 1 is 1.37 bits per heavy atom. The molecular weight excluding hydrogens is 404 g/mol. The molecule has 1 N–H and O–H groups in total. The minimum Gasteiger partial charge on any atom is -0.301 e. The minimum absolute atomic E-state index is 0.0866. The maximum atomic E-state index is 13.0. The van der Waals surface area contributed by atoms with Crippen molar-refractivity contribution in [1.82, 2.24) is 4.98 Å². The third kappa shape index (κ3) is 5.09. The van der Waals surface area contributed by atoms with Gasteiger partial charge in [0.05, 0.1) is 15.8 Å². The lowest BCUT2D eigenvalue weighted by Gasteiger charge is -2.20. The van der Waals surface area contributed by atoms with Gasteiger partial charge in [-0.25, -0.2) is 13.4 Å². The van der Waals surface area contributed by atoms with E-state index in [9.17, 15) is 13.2 Å². The molecule has 0 bridgehead atoms. The molecule has 1 amide bonds. The van der Waals surface area contributed by atoms with E-state index in [0.29, 0.717) is 11.0 Å². The smallest absolute Gasteiger partial charge is 0.233 e. The van der Waals surface area contributed by atoms with Crippen LogP contribution in [0.1, 0.15) is 48.5 Å². The zero-order chi connectivity index (χ0) is 19.6. The summed E-state index contributed by atoms with van der Waals surface area (Å²) in [5.41, 5.74) is 0.741. The molecular formula is C19H23ClN2O3S2. The first-order valence-corrected chi connectivity index (χ1v) is 12.1. The van der Waals surface area contributed by atoms with E-state index in [-0.39, 0.29) is 21.7 Å². The number of benzene rings is 1. The molecule has 2 aromatic rings. The van der Waals surface area contributed by atoms with Gasteiger partial charge in [0.2, 0.25) is 5.91 Å². The zero-order valence-corrected chi connectivity index (χ0v) is 17.8. The predicted octanol–water partition coefficient (Wildman–Crippen LogP) is 4.81. The average molecular weight is 427 g/mol. The van der Waals surface area contributed by atoms with Crippen molar-refractivity contribution < 1.29 is 13.2 Å². The van der Waals surface area contributed by atoms with Gasteiger partial charge in [-0.2, -0.15) is 0 Å². The van der Waals surface area contributed by atoms with E-state index in [4.69, 9.17) is 11.6 Å². The van der Waals surface area contributed by atoms with Crippen LogP contribution in [0.4, 0.5) is 5.13 Å². The van der Waals surface area contributed by atoms with Crippen LogP contribution in [0.25, 0.3) is 0 Å². The summed E-state index contributed by atoms with van der Waals surface area (Å²) < 4.78 is 23.6. The number of aryl methyl sites for hydroxylation is 1. The molecule has 1 aliphatic carbocycles. The highest BCUT2D eigenvalue weighted by Crippen LogP contribution is 2.36. The van der Waals surface area contributed by atoms with Crippen molar-refractivity contribution in [2.75, 3.05) is 11.6 Å². The lowest BCUT2D eigenvalue weighted by atomic mass is 9.87. The quantitative estimate of drug-likeness (QED) is 0.718. The van der Waals surface area contributed by atoms with E-state index in [1.54, 1.807) is 18.3 Å². The summed E-state index contributed by atoms with van der Waals surface area (Å²) in [5, 5.41) is 3.64. The highest BCUT2D eigenvalue weighted by Gasteiger charge is 2.28. The second kappa shape index (κ2) is 8.29.